The van der Waals surface area contributed by atoms with E-state index in [1.807, 2.05) is 18.2 Å². The highest BCUT2D eigenvalue weighted by molar-refractivity contribution is 6.30. The molecule has 3 rings (SSSR count). The number of amides is 2. The van der Waals surface area contributed by atoms with E-state index in [0.29, 0.717) is 35.2 Å². The molecule has 1 saturated heterocycles. The first kappa shape index (κ1) is 19.2. The Hall–Kier alpha value is -2.57. The molecule has 27 heavy (non-hydrogen) atoms. The molecule has 0 spiro atoms. The second-order valence-corrected chi connectivity index (χ2v) is 6.63. The zero-order valence-electron chi connectivity index (χ0n) is 15.2. The molecule has 1 aliphatic heterocycles. The third kappa shape index (κ3) is 4.23. The summed E-state index contributed by atoms with van der Waals surface area (Å²) in [6, 6.07) is 11.8. The lowest BCUT2D eigenvalue weighted by Crippen LogP contribution is -2.39. The van der Waals surface area contributed by atoms with Gasteiger partial charge in [0.15, 0.2) is 11.5 Å². The number of carbonyl (C=O) groups excluding carboxylic acids is 2. The van der Waals surface area contributed by atoms with Gasteiger partial charge >= 0.3 is 0 Å². The van der Waals surface area contributed by atoms with Crippen molar-refractivity contribution in [3.8, 4) is 11.5 Å². The molecule has 7 heteroatoms. The second-order valence-electron chi connectivity index (χ2n) is 6.19. The monoisotopic (exact) mass is 388 g/mol. The molecule has 1 fully saturated rings. The number of imide groups is 1. The van der Waals surface area contributed by atoms with Crippen molar-refractivity contribution in [2.75, 3.05) is 25.7 Å². The highest BCUT2D eigenvalue weighted by atomic mass is 35.5. The van der Waals surface area contributed by atoms with Gasteiger partial charge in [-0.15, -0.1) is 0 Å². The summed E-state index contributed by atoms with van der Waals surface area (Å²) < 4.78 is 10.5. The van der Waals surface area contributed by atoms with Crippen LogP contribution in [0.1, 0.15) is 12.0 Å². The Bertz CT molecular complexity index is 838. The first-order valence-corrected chi connectivity index (χ1v) is 8.98. The summed E-state index contributed by atoms with van der Waals surface area (Å²) in [5, 5.41) is 3.74. The lowest BCUT2D eigenvalue weighted by Gasteiger charge is -2.16. The molecule has 0 unspecified atom stereocenters. The molecular weight excluding hydrogens is 368 g/mol. The van der Waals surface area contributed by atoms with Crippen LogP contribution in [0, 0.1) is 0 Å². The molecular formula is C20H21ClN2O4. The Morgan fingerprint density at radius 3 is 2.44 bits per heavy atom. The van der Waals surface area contributed by atoms with Crippen LogP contribution < -0.4 is 19.7 Å². The number of anilines is 1. The fraction of sp³-hybridized carbons (Fsp3) is 0.300. The lowest BCUT2D eigenvalue weighted by molar-refractivity contribution is -0.121. The smallest absolute Gasteiger partial charge is 0.251 e. The first-order valence-electron chi connectivity index (χ1n) is 8.60. The van der Waals surface area contributed by atoms with Crippen molar-refractivity contribution in [3.63, 3.8) is 0 Å². The van der Waals surface area contributed by atoms with Crippen LogP contribution in [-0.4, -0.2) is 38.6 Å². The van der Waals surface area contributed by atoms with E-state index >= 15 is 0 Å². The van der Waals surface area contributed by atoms with Gasteiger partial charge in [-0.3, -0.25) is 9.59 Å². The number of carbonyl (C=O) groups is 2. The largest absolute Gasteiger partial charge is 0.493 e. The molecule has 6 nitrogen and oxygen atoms in total. The first-order chi connectivity index (χ1) is 13.0. The van der Waals surface area contributed by atoms with E-state index in [1.54, 1.807) is 38.5 Å². The van der Waals surface area contributed by atoms with E-state index in [2.05, 4.69) is 5.32 Å². The van der Waals surface area contributed by atoms with Crippen LogP contribution in [0.2, 0.25) is 5.02 Å². The van der Waals surface area contributed by atoms with Crippen LogP contribution in [0.3, 0.4) is 0 Å². The Kier molecular flexibility index (Phi) is 5.98. The molecule has 1 N–H and O–H groups in total. The Morgan fingerprint density at radius 2 is 1.78 bits per heavy atom. The van der Waals surface area contributed by atoms with Crippen molar-refractivity contribution in [2.24, 2.45) is 0 Å². The number of methoxy groups -OCH3 is 2. The molecule has 2 aromatic carbocycles. The van der Waals surface area contributed by atoms with Crippen LogP contribution >= 0.6 is 11.6 Å². The van der Waals surface area contributed by atoms with Crippen molar-refractivity contribution < 1.29 is 19.1 Å². The van der Waals surface area contributed by atoms with Gasteiger partial charge in [0.25, 0.3) is 5.91 Å². The van der Waals surface area contributed by atoms with Gasteiger partial charge in [-0.1, -0.05) is 17.7 Å². The van der Waals surface area contributed by atoms with Crippen molar-refractivity contribution in [3.05, 3.63) is 53.1 Å². The average molecular weight is 389 g/mol. The highest BCUT2D eigenvalue weighted by Crippen LogP contribution is 2.28. The third-order valence-electron chi connectivity index (χ3n) is 4.48. The molecule has 2 amide bonds. The summed E-state index contributed by atoms with van der Waals surface area (Å²) in [4.78, 5) is 26.1. The van der Waals surface area contributed by atoms with Gasteiger partial charge in [0, 0.05) is 5.02 Å². The van der Waals surface area contributed by atoms with E-state index in [4.69, 9.17) is 21.1 Å². The van der Waals surface area contributed by atoms with Gasteiger partial charge in [0.1, 0.15) is 0 Å². The molecule has 0 aromatic heterocycles. The van der Waals surface area contributed by atoms with Crippen LogP contribution in [-0.2, 0) is 16.0 Å². The molecule has 0 radical (unpaired) electrons. The van der Waals surface area contributed by atoms with Crippen molar-refractivity contribution >= 4 is 29.1 Å². The molecule has 2 aromatic rings. The van der Waals surface area contributed by atoms with E-state index in [9.17, 15) is 9.59 Å². The summed E-state index contributed by atoms with van der Waals surface area (Å²) in [6.45, 7) is 0.563. The van der Waals surface area contributed by atoms with Crippen molar-refractivity contribution in [1.29, 1.82) is 0 Å². The topological polar surface area (TPSA) is 67.9 Å². The molecule has 1 atom stereocenters. The van der Waals surface area contributed by atoms with Crippen molar-refractivity contribution in [2.45, 2.75) is 18.9 Å². The number of nitrogens with zero attached hydrogens (tertiary/aromatic N) is 1. The number of hydrogen-bond acceptors (Lipinski definition) is 5. The maximum Gasteiger partial charge on any atom is 0.251 e. The third-order valence-corrected chi connectivity index (χ3v) is 4.74. The number of benzene rings is 2. The van der Waals surface area contributed by atoms with E-state index < -0.39 is 6.04 Å². The van der Waals surface area contributed by atoms with Crippen molar-refractivity contribution in [1.82, 2.24) is 5.32 Å². The minimum Gasteiger partial charge on any atom is -0.493 e. The van der Waals surface area contributed by atoms with Crippen LogP contribution in [0.15, 0.2) is 42.5 Å². The number of halogens is 1. The Morgan fingerprint density at radius 1 is 1.07 bits per heavy atom. The second kappa shape index (κ2) is 8.41. The average Bonchev–Trinajstić information content (AvgIpc) is 2.96. The van der Waals surface area contributed by atoms with Crippen LogP contribution in [0.25, 0.3) is 0 Å². The summed E-state index contributed by atoms with van der Waals surface area (Å²) >= 11 is 5.87. The molecule has 0 aliphatic carbocycles. The zero-order chi connectivity index (χ0) is 19.4. The summed E-state index contributed by atoms with van der Waals surface area (Å²) in [5.41, 5.74) is 1.59. The van der Waals surface area contributed by atoms with Gasteiger partial charge < -0.3 is 14.8 Å². The number of rotatable bonds is 7. The normalized spacial score (nSPS) is 16.7. The maximum atomic E-state index is 12.6. The number of nitrogens with one attached hydrogen (secondary N) is 1. The standard InChI is InChI=1S/C20H21ClN2O4/c1-26-17-8-3-13(11-18(17)27-2)9-10-22-16-12-19(24)23(20(16)25)15-6-4-14(21)5-7-15/h3-8,11,16,22H,9-10,12H2,1-2H3/t16-/m0/s1. The summed E-state index contributed by atoms with van der Waals surface area (Å²) in [6.07, 6.45) is 0.840. The summed E-state index contributed by atoms with van der Waals surface area (Å²) in [5.74, 6) is 0.876. The van der Waals surface area contributed by atoms with Gasteiger partial charge in [-0.05, 0) is 54.9 Å². The highest BCUT2D eigenvalue weighted by Gasteiger charge is 2.39. The van der Waals surface area contributed by atoms with E-state index in [0.717, 1.165) is 5.56 Å². The van der Waals surface area contributed by atoms with Gasteiger partial charge in [0.05, 0.1) is 32.4 Å². The molecule has 1 aliphatic rings. The zero-order valence-corrected chi connectivity index (χ0v) is 16.0. The fourth-order valence-corrected chi connectivity index (χ4v) is 3.21. The minimum absolute atomic E-state index is 0.146. The SMILES string of the molecule is COc1ccc(CCN[C@H]2CC(=O)N(c3ccc(Cl)cc3)C2=O)cc1OC. The van der Waals surface area contributed by atoms with Crippen LogP contribution in [0.4, 0.5) is 5.69 Å². The maximum absolute atomic E-state index is 12.6. The molecule has 0 bridgehead atoms. The van der Waals surface area contributed by atoms with E-state index in [-0.39, 0.29) is 18.2 Å². The molecule has 142 valence electrons. The molecule has 0 saturated carbocycles. The molecule has 1 heterocycles. The van der Waals surface area contributed by atoms with Gasteiger partial charge in [-0.25, -0.2) is 4.90 Å². The fourth-order valence-electron chi connectivity index (χ4n) is 3.08. The summed E-state index contributed by atoms with van der Waals surface area (Å²) in [7, 11) is 3.18. The van der Waals surface area contributed by atoms with Gasteiger partial charge in [0.2, 0.25) is 5.91 Å². The number of ether oxygens (including phenoxy) is 2. The predicted octanol–water partition coefficient (Wildman–Crippen LogP) is 2.82. The van der Waals surface area contributed by atoms with Gasteiger partial charge in [-0.2, -0.15) is 0 Å². The quantitative estimate of drug-likeness (QED) is 0.739. The predicted molar refractivity (Wildman–Crippen MR) is 104 cm³/mol. The Balaban J connectivity index is 1.60. The Labute approximate surface area is 163 Å². The number of hydrogen-bond donors (Lipinski definition) is 1. The van der Waals surface area contributed by atoms with Crippen LogP contribution in [0.5, 0.6) is 11.5 Å². The lowest BCUT2D eigenvalue weighted by atomic mass is 10.1. The minimum atomic E-state index is -0.520. The van der Waals surface area contributed by atoms with E-state index in [1.165, 1.54) is 4.90 Å².